The number of allylic oxidation sites excluding steroid dienone is 2. The first kappa shape index (κ1) is 13.5. The molecule has 2 aliphatic rings. The maximum Gasteiger partial charge on any atom is 0.231 e. The van der Waals surface area contributed by atoms with Gasteiger partial charge in [0.2, 0.25) is 6.79 Å². The number of hydrogen-bond acceptors (Lipinski definition) is 2. The second kappa shape index (κ2) is 5.51. The van der Waals surface area contributed by atoms with E-state index in [1.54, 1.807) is 11.5 Å². The first-order chi connectivity index (χ1) is 9.63. The van der Waals surface area contributed by atoms with Gasteiger partial charge in [0.05, 0.1) is 0 Å². The van der Waals surface area contributed by atoms with Gasteiger partial charge in [-0.2, -0.15) is 0 Å². The molecule has 1 unspecified atom stereocenters. The van der Waals surface area contributed by atoms with Crippen LogP contribution in [0.1, 0.15) is 45.6 Å². The van der Waals surface area contributed by atoms with Crippen LogP contribution < -0.4 is 9.47 Å². The summed E-state index contributed by atoms with van der Waals surface area (Å²) in [6, 6.07) is 6.34. The third kappa shape index (κ3) is 2.70. The third-order valence-corrected chi connectivity index (χ3v) is 4.37. The summed E-state index contributed by atoms with van der Waals surface area (Å²) in [6.45, 7) is 7.20. The smallest absolute Gasteiger partial charge is 0.231 e. The van der Waals surface area contributed by atoms with Gasteiger partial charge in [0.15, 0.2) is 11.5 Å². The molecule has 107 valence electrons. The van der Waals surface area contributed by atoms with Crippen LogP contribution in [0.25, 0.3) is 0 Å². The van der Waals surface area contributed by atoms with E-state index in [9.17, 15) is 0 Å². The molecule has 1 saturated carbocycles. The van der Waals surface area contributed by atoms with Crippen LogP contribution in [0.3, 0.4) is 0 Å². The lowest BCUT2D eigenvalue weighted by atomic mass is 9.74. The van der Waals surface area contributed by atoms with Crippen LogP contribution in [-0.2, 0) is 6.42 Å². The zero-order valence-electron chi connectivity index (χ0n) is 12.7. The Hall–Kier alpha value is -1.44. The number of rotatable bonds is 2. The molecule has 1 aliphatic heterocycles. The summed E-state index contributed by atoms with van der Waals surface area (Å²) in [6.07, 6.45) is 4.84. The molecule has 1 aromatic carbocycles. The summed E-state index contributed by atoms with van der Waals surface area (Å²) in [4.78, 5) is 0. The monoisotopic (exact) mass is 271 g/mol. The lowest BCUT2D eigenvalue weighted by Gasteiger charge is -2.30. The fourth-order valence-corrected chi connectivity index (χ4v) is 3.29. The van der Waals surface area contributed by atoms with Crippen LogP contribution in [0.2, 0.25) is 0 Å². The Kier molecular flexibility index (Phi) is 3.73. The summed E-state index contributed by atoms with van der Waals surface area (Å²) in [5.74, 6) is 4.19. The van der Waals surface area contributed by atoms with E-state index < -0.39 is 0 Å². The zero-order chi connectivity index (χ0) is 14.1. The first-order valence-corrected chi connectivity index (χ1v) is 7.53. The van der Waals surface area contributed by atoms with Gasteiger partial charge in [-0.15, -0.1) is 0 Å². The van der Waals surface area contributed by atoms with Gasteiger partial charge in [0.1, 0.15) is 0 Å². The maximum atomic E-state index is 5.48. The highest BCUT2D eigenvalue weighted by Crippen LogP contribution is 2.40. The van der Waals surface area contributed by atoms with Gasteiger partial charge < -0.3 is 9.47 Å². The van der Waals surface area contributed by atoms with Crippen LogP contribution in [0.4, 0.5) is 0 Å². The molecule has 0 bridgehead atoms. The fraction of sp³-hybridized carbons (Fsp3) is 0.500. The van der Waals surface area contributed by atoms with Crippen LogP contribution in [-0.4, -0.2) is 6.79 Å². The summed E-state index contributed by atoms with van der Waals surface area (Å²) >= 11 is 0. The molecule has 0 N–H and O–H groups in total. The number of fused-ring (bicyclic) bond motifs is 1. The van der Waals surface area contributed by atoms with Crippen LogP contribution in [0.5, 0.6) is 11.5 Å². The van der Waals surface area contributed by atoms with E-state index in [0.717, 1.165) is 23.8 Å². The Morgan fingerprint density at radius 3 is 2.80 bits per heavy atom. The van der Waals surface area contributed by atoms with Gasteiger partial charge in [0.25, 0.3) is 0 Å². The van der Waals surface area contributed by atoms with Gasteiger partial charge in [0, 0.05) is 5.92 Å². The van der Waals surface area contributed by atoms with Crippen molar-refractivity contribution in [1.82, 2.24) is 0 Å². The van der Waals surface area contributed by atoms with Crippen molar-refractivity contribution in [3.63, 3.8) is 0 Å². The van der Waals surface area contributed by atoms with E-state index in [0.29, 0.717) is 6.79 Å². The molecule has 2 heteroatoms. The fourth-order valence-electron chi connectivity index (χ4n) is 3.29. The highest BCUT2D eigenvalue weighted by atomic mass is 16.7. The summed E-state index contributed by atoms with van der Waals surface area (Å²) in [7, 11) is 0. The molecule has 0 saturated heterocycles. The molecule has 1 atom stereocenters. The standard InChI is InChI=1S/C18H23O2/c1-12(2)16-6-4-13(3)8-15(16)9-14-5-7-17-18(10-14)20-11-19-17/h5,7,10,13H,4,6,8-9,11H2,1-3H3. The van der Waals surface area contributed by atoms with Gasteiger partial charge in [-0.1, -0.05) is 24.1 Å². The average Bonchev–Trinajstić information content (AvgIpc) is 2.85. The summed E-state index contributed by atoms with van der Waals surface area (Å²) in [5.41, 5.74) is 4.41. The molecule has 0 aromatic heterocycles. The van der Waals surface area contributed by atoms with E-state index in [2.05, 4.69) is 32.9 Å². The average molecular weight is 271 g/mol. The maximum absolute atomic E-state index is 5.48. The van der Waals surface area contributed by atoms with Gasteiger partial charge in [-0.25, -0.2) is 0 Å². The molecule has 3 rings (SSSR count). The lowest BCUT2D eigenvalue weighted by molar-refractivity contribution is 0.174. The predicted octanol–water partition coefficient (Wildman–Crippen LogP) is 4.69. The third-order valence-electron chi connectivity index (χ3n) is 4.37. The van der Waals surface area contributed by atoms with Crippen molar-refractivity contribution in [2.45, 2.75) is 46.5 Å². The minimum atomic E-state index is 0.353. The molecule has 1 aromatic rings. The Labute approximate surface area is 121 Å². The minimum Gasteiger partial charge on any atom is -0.454 e. The predicted molar refractivity (Wildman–Crippen MR) is 80.9 cm³/mol. The lowest BCUT2D eigenvalue weighted by Crippen LogP contribution is -2.17. The number of benzene rings is 1. The number of ether oxygens (including phenoxy) is 2. The van der Waals surface area contributed by atoms with E-state index in [1.165, 1.54) is 30.4 Å². The van der Waals surface area contributed by atoms with Gasteiger partial charge >= 0.3 is 0 Å². The topological polar surface area (TPSA) is 18.5 Å². The van der Waals surface area contributed by atoms with Gasteiger partial charge in [-0.05, 0) is 63.1 Å². The minimum absolute atomic E-state index is 0.353. The van der Waals surface area contributed by atoms with Gasteiger partial charge in [-0.3, -0.25) is 0 Å². The molecular formula is C18H23O2. The highest BCUT2D eigenvalue weighted by Gasteiger charge is 2.25. The largest absolute Gasteiger partial charge is 0.454 e. The molecule has 1 radical (unpaired) electrons. The highest BCUT2D eigenvalue weighted by molar-refractivity contribution is 5.46. The Morgan fingerprint density at radius 2 is 2.00 bits per heavy atom. The van der Waals surface area contributed by atoms with Crippen LogP contribution in [0.15, 0.2) is 29.3 Å². The second-order valence-electron chi connectivity index (χ2n) is 6.29. The number of hydrogen-bond donors (Lipinski definition) is 0. The Balaban J connectivity index is 1.80. The quantitative estimate of drug-likeness (QED) is 0.777. The Morgan fingerprint density at radius 1 is 1.20 bits per heavy atom. The van der Waals surface area contributed by atoms with E-state index in [4.69, 9.17) is 9.47 Å². The molecule has 20 heavy (non-hydrogen) atoms. The van der Waals surface area contributed by atoms with E-state index >= 15 is 0 Å². The summed E-state index contributed by atoms with van der Waals surface area (Å²) in [5, 5.41) is 0. The van der Waals surface area contributed by atoms with Crippen molar-refractivity contribution in [3.8, 4) is 11.5 Å². The van der Waals surface area contributed by atoms with Crippen LogP contribution in [0, 0.1) is 11.8 Å². The van der Waals surface area contributed by atoms with Crippen molar-refractivity contribution < 1.29 is 9.47 Å². The van der Waals surface area contributed by atoms with Crippen molar-refractivity contribution >= 4 is 0 Å². The van der Waals surface area contributed by atoms with E-state index in [1.807, 2.05) is 6.07 Å². The van der Waals surface area contributed by atoms with Crippen molar-refractivity contribution in [2.24, 2.45) is 5.92 Å². The second-order valence-corrected chi connectivity index (χ2v) is 6.29. The molecule has 1 heterocycles. The van der Waals surface area contributed by atoms with Crippen LogP contribution >= 0.6 is 0 Å². The van der Waals surface area contributed by atoms with E-state index in [-0.39, 0.29) is 0 Å². The molecule has 1 aliphatic carbocycles. The van der Waals surface area contributed by atoms with Crippen molar-refractivity contribution in [2.75, 3.05) is 6.79 Å². The molecule has 1 fully saturated rings. The molecule has 0 spiro atoms. The van der Waals surface area contributed by atoms with Crippen molar-refractivity contribution in [3.05, 3.63) is 40.8 Å². The molecule has 0 amide bonds. The summed E-state index contributed by atoms with van der Waals surface area (Å²) < 4.78 is 10.9. The SMILES string of the molecule is CC(C)=C1CCC(C)C[C]1Cc1ccc2c(c1)OCO2. The zero-order valence-corrected chi connectivity index (χ0v) is 12.7. The molecule has 2 nitrogen and oxygen atoms in total. The first-order valence-electron chi connectivity index (χ1n) is 7.53. The Bertz CT molecular complexity index is 526. The molecular weight excluding hydrogens is 248 g/mol. The normalized spacial score (nSPS) is 22.1. The van der Waals surface area contributed by atoms with Crippen molar-refractivity contribution in [1.29, 1.82) is 0 Å².